The highest BCUT2D eigenvalue weighted by Gasteiger charge is 2.20. The summed E-state index contributed by atoms with van der Waals surface area (Å²) in [6.07, 6.45) is 0.395. The van der Waals surface area contributed by atoms with E-state index in [0.29, 0.717) is 26.1 Å². The molecule has 1 aromatic carbocycles. The highest BCUT2D eigenvalue weighted by Crippen LogP contribution is 2.16. The van der Waals surface area contributed by atoms with Crippen LogP contribution >= 0.6 is 11.3 Å². The number of hydrogen-bond donors (Lipinski definition) is 2. The van der Waals surface area contributed by atoms with Crippen molar-refractivity contribution >= 4 is 29.0 Å². The molecule has 0 atom stereocenters. The van der Waals surface area contributed by atoms with Crippen LogP contribution in [-0.2, 0) is 11.2 Å². The van der Waals surface area contributed by atoms with Crippen molar-refractivity contribution in [2.45, 2.75) is 6.42 Å². The lowest BCUT2D eigenvalue weighted by Crippen LogP contribution is -2.27. The monoisotopic (exact) mass is 339 g/mol. The molecule has 2 heterocycles. The lowest BCUT2D eigenvalue weighted by molar-refractivity contribution is -0.120. The molecule has 0 aliphatic carbocycles. The molecule has 1 saturated heterocycles. The van der Waals surface area contributed by atoms with Crippen LogP contribution < -0.4 is 15.5 Å². The molecular formula is C18H17N3O2S. The van der Waals surface area contributed by atoms with Gasteiger partial charge in [0.25, 0.3) is 0 Å². The smallest absolute Gasteiger partial charge is 0.321 e. The number of benzene rings is 1. The van der Waals surface area contributed by atoms with E-state index in [1.807, 2.05) is 41.8 Å². The Morgan fingerprint density at radius 1 is 1.29 bits per heavy atom. The van der Waals surface area contributed by atoms with Crippen LogP contribution in [-0.4, -0.2) is 31.6 Å². The van der Waals surface area contributed by atoms with Gasteiger partial charge < -0.3 is 10.6 Å². The molecule has 0 radical (unpaired) electrons. The zero-order chi connectivity index (χ0) is 16.8. The predicted molar refractivity (Wildman–Crippen MR) is 95.1 cm³/mol. The first-order chi connectivity index (χ1) is 11.7. The third-order valence-corrected chi connectivity index (χ3v) is 4.43. The second-order valence-electron chi connectivity index (χ2n) is 5.27. The van der Waals surface area contributed by atoms with Crippen LogP contribution in [0, 0.1) is 11.8 Å². The Morgan fingerprint density at radius 2 is 2.12 bits per heavy atom. The SMILES string of the molecule is O=C(Cc1cccs1)NCC#Cc1ccc(N2CCNC2=O)cc1. The molecule has 3 amide bonds. The van der Waals surface area contributed by atoms with Crippen molar-refractivity contribution in [3.05, 3.63) is 52.2 Å². The highest BCUT2D eigenvalue weighted by atomic mass is 32.1. The summed E-state index contributed by atoms with van der Waals surface area (Å²) < 4.78 is 0. The van der Waals surface area contributed by atoms with E-state index >= 15 is 0 Å². The quantitative estimate of drug-likeness (QED) is 0.837. The van der Waals surface area contributed by atoms with E-state index in [1.165, 1.54) is 0 Å². The molecule has 2 N–H and O–H groups in total. The van der Waals surface area contributed by atoms with Crippen molar-refractivity contribution in [1.29, 1.82) is 0 Å². The fourth-order valence-electron chi connectivity index (χ4n) is 2.37. The van der Waals surface area contributed by atoms with Crippen molar-refractivity contribution in [1.82, 2.24) is 10.6 Å². The van der Waals surface area contributed by atoms with Gasteiger partial charge in [0.05, 0.1) is 13.0 Å². The predicted octanol–water partition coefficient (Wildman–Crippen LogP) is 1.99. The van der Waals surface area contributed by atoms with Crippen molar-refractivity contribution < 1.29 is 9.59 Å². The van der Waals surface area contributed by atoms with Gasteiger partial charge in [0.15, 0.2) is 0 Å². The summed E-state index contributed by atoms with van der Waals surface area (Å²) >= 11 is 1.57. The van der Waals surface area contributed by atoms with E-state index in [9.17, 15) is 9.59 Å². The Bertz CT molecular complexity index is 773. The van der Waals surface area contributed by atoms with E-state index in [-0.39, 0.29) is 11.9 Å². The molecule has 0 bridgehead atoms. The van der Waals surface area contributed by atoms with Crippen LogP contribution in [0.2, 0.25) is 0 Å². The summed E-state index contributed by atoms with van der Waals surface area (Å²) in [6, 6.07) is 11.3. The summed E-state index contributed by atoms with van der Waals surface area (Å²) in [7, 11) is 0. The Morgan fingerprint density at radius 3 is 2.79 bits per heavy atom. The molecule has 1 aromatic heterocycles. The largest absolute Gasteiger partial charge is 0.345 e. The first kappa shape index (κ1) is 16.1. The van der Waals surface area contributed by atoms with Gasteiger partial charge in [0, 0.05) is 29.2 Å². The summed E-state index contributed by atoms with van der Waals surface area (Å²) in [5.41, 5.74) is 1.71. The number of nitrogens with one attached hydrogen (secondary N) is 2. The van der Waals surface area contributed by atoms with Crippen molar-refractivity contribution in [3.8, 4) is 11.8 Å². The molecule has 1 aliphatic rings. The summed E-state index contributed by atoms with van der Waals surface area (Å²) in [4.78, 5) is 26.1. The third-order valence-electron chi connectivity index (χ3n) is 3.56. The van der Waals surface area contributed by atoms with Crippen LogP contribution in [0.15, 0.2) is 41.8 Å². The average Bonchev–Trinajstić information content (AvgIpc) is 3.24. The van der Waals surface area contributed by atoms with E-state index < -0.39 is 0 Å². The molecule has 6 heteroatoms. The molecule has 5 nitrogen and oxygen atoms in total. The number of carbonyl (C=O) groups is 2. The zero-order valence-electron chi connectivity index (χ0n) is 13.0. The Balaban J connectivity index is 1.49. The van der Waals surface area contributed by atoms with Gasteiger partial charge in [-0.05, 0) is 35.7 Å². The standard InChI is InChI=1S/C18H17N3O2S/c22-17(13-16-4-2-12-24-16)19-9-1-3-14-5-7-15(8-6-14)21-11-10-20-18(21)23/h2,4-8,12H,9-11,13H2,(H,19,22)(H,20,23). The lowest BCUT2D eigenvalue weighted by Gasteiger charge is -2.13. The summed E-state index contributed by atoms with van der Waals surface area (Å²) in [6.45, 7) is 1.67. The molecule has 0 saturated carbocycles. The zero-order valence-corrected chi connectivity index (χ0v) is 13.9. The minimum Gasteiger partial charge on any atom is -0.345 e. The second kappa shape index (κ2) is 7.66. The Labute approximate surface area is 144 Å². The molecule has 24 heavy (non-hydrogen) atoms. The van der Waals surface area contributed by atoms with Crippen LogP contribution in [0.25, 0.3) is 0 Å². The maximum absolute atomic E-state index is 11.7. The summed E-state index contributed by atoms with van der Waals surface area (Å²) in [5, 5.41) is 7.51. The van der Waals surface area contributed by atoms with Gasteiger partial charge in [0.2, 0.25) is 5.91 Å². The maximum Gasteiger partial charge on any atom is 0.321 e. The first-order valence-electron chi connectivity index (χ1n) is 7.66. The van der Waals surface area contributed by atoms with E-state index in [2.05, 4.69) is 22.5 Å². The molecule has 1 aliphatic heterocycles. The fourth-order valence-corrected chi connectivity index (χ4v) is 3.07. The molecule has 1 fully saturated rings. The number of nitrogens with zero attached hydrogens (tertiary/aromatic N) is 1. The Hall–Kier alpha value is -2.78. The fraction of sp³-hybridized carbons (Fsp3) is 0.222. The normalized spacial score (nSPS) is 13.2. The molecular weight excluding hydrogens is 322 g/mol. The van der Waals surface area contributed by atoms with Gasteiger partial charge >= 0.3 is 6.03 Å². The number of urea groups is 1. The van der Waals surface area contributed by atoms with Crippen molar-refractivity contribution in [2.24, 2.45) is 0 Å². The number of anilines is 1. The Kier molecular flexibility index (Phi) is 5.14. The second-order valence-corrected chi connectivity index (χ2v) is 6.30. The molecule has 0 unspecified atom stereocenters. The summed E-state index contributed by atoms with van der Waals surface area (Å²) in [5.74, 6) is 5.92. The van der Waals surface area contributed by atoms with E-state index in [1.54, 1.807) is 16.2 Å². The molecule has 0 spiro atoms. The third kappa shape index (κ3) is 4.15. The topological polar surface area (TPSA) is 61.4 Å². The average molecular weight is 339 g/mol. The van der Waals surface area contributed by atoms with Crippen molar-refractivity contribution in [2.75, 3.05) is 24.5 Å². The maximum atomic E-state index is 11.7. The van der Waals surface area contributed by atoms with Gasteiger partial charge in [-0.1, -0.05) is 17.9 Å². The number of carbonyl (C=O) groups excluding carboxylic acids is 2. The van der Waals surface area contributed by atoms with E-state index in [0.717, 1.165) is 16.1 Å². The van der Waals surface area contributed by atoms with E-state index in [4.69, 9.17) is 0 Å². The minimum atomic E-state index is -0.0673. The van der Waals surface area contributed by atoms with Crippen LogP contribution in [0.3, 0.4) is 0 Å². The molecule has 3 rings (SSSR count). The minimum absolute atomic E-state index is 0.0258. The van der Waals surface area contributed by atoms with Crippen LogP contribution in [0.5, 0.6) is 0 Å². The first-order valence-corrected chi connectivity index (χ1v) is 8.54. The van der Waals surface area contributed by atoms with Crippen molar-refractivity contribution in [3.63, 3.8) is 0 Å². The van der Waals surface area contributed by atoms with Crippen LogP contribution in [0.1, 0.15) is 10.4 Å². The number of rotatable bonds is 4. The van der Waals surface area contributed by atoms with Gasteiger partial charge in [0.1, 0.15) is 0 Å². The number of hydrogen-bond acceptors (Lipinski definition) is 3. The molecule has 122 valence electrons. The van der Waals surface area contributed by atoms with Gasteiger partial charge in [-0.3, -0.25) is 9.69 Å². The number of amides is 3. The van der Waals surface area contributed by atoms with Gasteiger partial charge in [-0.2, -0.15) is 0 Å². The number of thiophene rings is 1. The highest BCUT2D eigenvalue weighted by molar-refractivity contribution is 7.10. The van der Waals surface area contributed by atoms with Gasteiger partial charge in [-0.15, -0.1) is 11.3 Å². The van der Waals surface area contributed by atoms with Crippen LogP contribution in [0.4, 0.5) is 10.5 Å². The molecule has 2 aromatic rings. The lowest BCUT2D eigenvalue weighted by atomic mass is 10.2. The van der Waals surface area contributed by atoms with Gasteiger partial charge in [-0.25, -0.2) is 4.79 Å².